The Kier molecular flexibility index (Phi) is 4.85. The Balaban J connectivity index is 1.06. The van der Waals surface area contributed by atoms with Crippen LogP contribution >= 0.6 is 0 Å². The molecule has 0 N–H and O–H groups in total. The van der Waals surface area contributed by atoms with E-state index < -0.39 is 16.8 Å². The molecule has 0 spiro atoms. The highest BCUT2D eigenvalue weighted by molar-refractivity contribution is 6.22. The van der Waals surface area contributed by atoms with Crippen molar-refractivity contribution in [3.05, 3.63) is 70.8 Å². The molecule has 8 rings (SSSR count). The van der Waals surface area contributed by atoms with Gasteiger partial charge in [0.1, 0.15) is 5.75 Å². The molecule has 0 radical (unpaired) electrons. The lowest BCUT2D eigenvalue weighted by Gasteiger charge is -2.37. The SMILES string of the molecule is O=C(Oc1cccc(N2C(=O)[C@@H]3[C@H]4C=C[C@@H]([C@@H]5C[C@H]45)[C@H]3C2=O)c1)[C@@H]1CC(=O)N(c2ccc([N+](=O)[O-])cc2)C1. The molecule has 0 aromatic heterocycles. The Morgan fingerprint density at radius 3 is 2.21 bits per heavy atom. The van der Waals surface area contributed by atoms with Crippen molar-refractivity contribution in [3.63, 3.8) is 0 Å². The zero-order valence-corrected chi connectivity index (χ0v) is 20.1. The second-order valence-electron chi connectivity index (χ2n) is 10.8. The van der Waals surface area contributed by atoms with Crippen LogP contribution in [0.4, 0.5) is 17.1 Å². The topological polar surface area (TPSA) is 127 Å². The minimum atomic E-state index is -0.729. The number of amides is 3. The van der Waals surface area contributed by atoms with Gasteiger partial charge in [0, 0.05) is 36.9 Å². The van der Waals surface area contributed by atoms with Crippen LogP contribution in [0.5, 0.6) is 5.75 Å². The molecular formula is C28H23N3O7. The number of rotatable bonds is 5. The highest BCUT2D eigenvalue weighted by atomic mass is 16.6. The minimum absolute atomic E-state index is 0.0555. The predicted octanol–water partition coefficient (Wildman–Crippen LogP) is 3.11. The van der Waals surface area contributed by atoms with Crippen molar-refractivity contribution < 1.29 is 28.8 Å². The summed E-state index contributed by atoms with van der Waals surface area (Å²) in [4.78, 5) is 65.3. The van der Waals surface area contributed by atoms with Gasteiger partial charge in [-0.25, -0.2) is 4.90 Å². The zero-order chi connectivity index (χ0) is 26.3. The molecule has 10 nitrogen and oxygen atoms in total. The molecule has 6 aliphatic rings. The number of ether oxygens (including phenoxy) is 1. The van der Waals surface area contributed by atoms with Gasteiger partial charge >= 0.3 is 5.97 Å². The third-order valence-corrected chi connectivity index (χ3v) is 8.79. The monoisotopic (exact) mass is 513 g/mol. The molecule has 2 heterocycles. The average Bonchev–Trinajstić information content (AvgIpc) is 3.59. The van der Waals surface area contributed by atoms with Crippen molar-refractivity contribution in [1.29, 1.82) is 0 Å². The Morgan fingerprint density at radius 1 is 0.921 bits per heavy atom. The molecular weight excluding hydrogens is 490 g/mol. The van der Waals surface area contributed by atoms with Crippen LogP contribution in [0, 0.1) is 51.5 Å². The molecule has 2 aromatic rings. The molecule has 2 aromatic carbocycles. The number of carbonyl (C=O) groups is 4. The number of imide groups is 1. The van der Waals surface area contributed by atoms with E-state index in [1.54, 1.807) is 18.2 Å². The van der Waals surface area contributed by atoms with Gasteiger partial charge in [0.05, 0.1) is 28.4 Å². The standard InChI is InChI=1S/C28H23N3O7/c32-23-10-14(13-29(23)15-4-6-16(7-5-15)31(36)37)28(35)38-18-3-1-2-17(11-18)30-26(33)24-19-8-9-20(22-12-21(19)22)25(24)27(30)34/h1-9,11,14,19-22,24-25H,10,12-13H2/t14-,19+,20+,21-,22+,24-,25-/m1/s1. The second kappa shape index (κ2) is 8.08. The van der Waals surface area contributed by atoms with E-state index in [1.807, 2.05) is 0 Å². The first kappa shape index (κ1) is 22.8. The maximum Gasteiger partial charge on any atom is 0.316 e. The molecule has 10 heteroatoms. The first-order valence-electron chi connectivity index (χ1n) is 12.7. The van der Waals surface area contributed by atoms with Crippen molar-refractivity contribution in [3.8, 4) is 5.75 Å². The second-order valence-corrected chi connectivity index (χ2v) is 10.8. The van der Waals surface area contributed by atoms with Crippen LogP contribution in [0.1, 0.15) is 12.8 Å². The van der Waals surface area contributed by atoms with Crippen molar-refractivity contribution >= 4 is 40.8 Å². The summed E-state index contributed by atoms with van der Waals surface area (Å²) in [5.74, 6) is -1.18. The molecule has 0 unspecified atom stereocenters. The zero-order valence-electron chi connectivity index (χ0n) is 20.1. The van der Waals surface area contributed by atoms with Gasteiger partial charge < -0.3 is 9.64 Å². The number of carbonyl (C=O) groups excluding carboxylic acids is 4. The van der Waals surface area contributed by atoms with Crippen LogP contribution in [0.2, 0.25) is 0 Å². The van der Waals surface area contributed by atoms with Crippen LogP contribution in [-0.4, -0.2) is 35.2 Å². The van der Waals surface area contributed by atoms with Gasteiger partial charge in [0.2, 0.25) is 17.7 Å². The summed E-state index contributed by atoms with van der Waals surface area (Å²) in [6.07, 6.45) is 5.28. The fourth-order valence-electron chi connectivity index (χ4n) is 6.97. The summed E-state index contributed by atoms with van der Waals surface area (Å²) in [6, 6.07) is 11.9. The van der Waals surface area contributed by atoms with Crippen molar-refractivity contribution in [2.24, 2.45) is 41.4 Å². The number of nitrogens with zero attached hydrogens (tertiary/aromatic N) is 3. The highest BCUT2D eigenvalue weighted by Gasteiger charge is 2.67. The Labute approximate surface area is 217 Å². The summed E-state index contributed by atoms with van der Waals surface area (Å²) in [6.45, 7) is 0.0831. The van der Waals surface area contributed by atoms with Gasteiger partial charge in [-0.1, -0.05) is 18.2 Å². The number of non-ortho nitro benzene ring substituents is 1. The largest absolute Gasteiger partial charge is 0.426 e. The van der Waals surface area contributed by atoms with Crippen molar-refractivity contribution in [2.45, 2.75) is 12.8 Å². The Bertz CT molecular complexity index is 1410. The molecule has 4 fully saturated rings. The average molecular weight is 514 g/mol. The van der Waals surface area contributed by atoms with Crippen LogP contribution in [0.3, 0.4) is 0 Å². The lowest BCUT2D eigenvalue weighted by Crippen LogP contribution is -2.40. The van der Waals surface area contributed by atoms with E-state index in [4.69, 9.17) is 4.74 Å². The maximum absolute atomic E-state index is 13.4. The molecule has 2 saturated carbocycles. The van der Waals surface area contributed by atoms with Crippen LogP contribution in [0.15, 0.2) is 60.7 Å². The number of hydrogen-bond acceptors (Lipinski definition) is 7. The van der Waals surface area contributed by atoms with Crippen LogP contribution in [-0.2, 0) is 19.2 Å². The van der Waals surface area contributed by atoms with E-state index in [9.17, 15) is 29.3 Å². The van der Waals surface area contributed by atoms with E-state index in [2.05, 4.69) is 12.2 Å². The first-order chi connectivity index (χ1) is 18.3. The summed E-state index contributed by atoms with van der Waals surface area (Å²) in [5.41, 5.74) is 0.750. The Morgan fingerprint density at radius 2 is 1.58 bits per heavy atom. The van der Waals surface area contributed by atoms with E-state index in [1.165, 1.54) is 40.1 Å². The van der Waals surface area contributed by atoms with Crippen LogP contribution < -0.4 is 14.5 Å². The Hall–Kier alpha value is -4.34. The van der Waals surface area contributed by atoms with Gasteiger partial charge in [-0.05, 0) is 54.4 Å². The quantitative estimate of drug-likeness (QED) is 0.150. The van der Waals surface area contributed by atoms with Crippen molar-refractivity contribution in [2.75, 3.05) is 16.3 Å². The number of anilines is 2. The maximum atomic E-state index is 13.4. The molecule has 4 aliphatic carbocycles. The number of nitro benzene ring substituents is 1. The third kappa shape index (κ3) is 3.32. The first-order valence-corrected chi connectivity index (χ1v) is 12.7. The summed E-state index contributed by atoms with van der Waals surface area (Å²) >= 11 is 0. The normalized spacial score (nSPS) is 32.4. The number of benzene rings is 2. The van der Waals surface area contributed by atoms with E-state index in [-0.39, 0.29) is 65.8 Å². The van der Waals surface area contributed by atoms with E-state index >= 15 is 0 Å². The number of nitro groups is 1. The molecule has 3 amide bonds. The molecule has 7 atom stereocenters. The smallest absolute Gasteiger partial charge is 0.316 e. The molecule has 2 aliphatic heterocycles. The number of esters is 1. The van der Waals surface area contributed by atoms with Gasteiger partial charge in [-0.15, -0.1) is 0 Å². The van der Waals surface area contributed by atoms with Gasteiger partial charge in [0.15, 0.2) is 0 Å². The lowest BCUT2D eigenvalue weighted by molar-refractivity contribution is -0.384. The summed E-state index contributed by atoms with van der Waals surface area (Å²) in [7, 11) is 0. The molecule has 2 saturated heterocycles. The third-order valence-electron chi connectivity index (χ3n) is 8.79. The van der Waals surface area contributed by atoms with Crippen molar-refractivity contribution in [1.82, 2.24) is 0 Å². The number of allylic oxidation sites excluding steroid dienone is 2. The number of hydrogen-bond donors (Lipinski definition) is 0. The lowest BCUT2D eigenvalue weighted by atomic mass is 9.63. The van der Waals surface area contributed by atoms with E-state index in [0.29, 0.717) is 23.2 Å². The molecule has 38 heavy (non-hydrogen) atoms. The summed E-state index contributed by atoms with van der Waals surface area (Å²) < 4.78 is 5.58. The fourth-order valence-corrected chi connectivity index (χ4v) is 6.97. The molecule has 2 bridgehead atoms. The fraction of sp³-hybridized carbons (Fsp3) is 0.357. The summed E-state index contributed by atoms with van der Waals surface area (Å²) in [5, 5.41) is 10.9. The van der Waals surface area contributed by atoms with Gasteiger partial charge in [0.25, 0.3) is 5.69 Å². The molecule has 192 valence electrons. The van der Waals surface area contributed by atoms with Crippen LogP contribution in [0.25, 0.3) is 0 Å². The van der Waals surface area contributed by atoms with Gasteiger partial charge in [-0.3, -0.25) is 29.3 Å². The van der Waals surface area contributed by atoms with E-state index in [0.717, 1.165) is 6.42 Å². The minimum Gasteiger partial charge on any atom is -0.426 e. The van der Waals surface area contributed by atoms with Gasteiger partial charge in [-0.2, -0.15) is 0 Å². The predicted molar refractivity (Wildman–Crippen MR) is 133 cm³/mol. The highest BCUT2D eigenvalue weighted by Crippen LogP contribution is 2.65.